The van der Waals surface area contributed by atoms with Crippen LogP contribution >= 0.6 is 0 Å². The molecule has 0 aromatic rings. The van der Waals surface area contributed by atoms with Gasteiger partial charge in [-0.15, -0.1) is 0 Å². The van der Waals surface area contributed by atoms with E-state index in [1.807, 2.05) is 0 Å². The molecule has 6 nitrogen and oxygen atoms in total. The molecule has 0 radical (unpaired) electrons. The predicted molar refractivity (Wildman–Crippen MR) is 339 cm³/mol. The van der Waals surface area contributed by atoms with Crippen LogP contribution in [0.25, 0.3) is 0 Å². The molecule has 0 aromatic heterocycles. The van der Waals surface area contributed by atoms with E-state index in [2.05, 4.69) is 81.5 Å². The maximum atomic E-state index is 12.9. The van der Waals surface area contributed by atoms with Crippen molar-refractivity contribution in [3.05, 3.63) is 60.8 Å². The summed E-state index contributed by atoms with van der Waals surface area (Å²) in [6, 6.07) is 0. The first-order valence-electron chi connectivity index (χ1n) is 34.3. The van der Waals surface area contributed by atoms with E-state index in [0.29, 0.717) is 19.3 Å². The van der Waals surface area contributed by atoms with Gasteiger partial charge in [0, 0.05) is 19.3 Å². The molecule has 0 saturated carbocycles. The Kier molecular flexibility index (Phi) is 64.2. The molecule has 454 valence electrons. The van der Waals surface area contributed by atoms with E-state index in [4.69, 9.17) is 14.2 Å². The molecule has 0 heterocycles. The lowest BCUT2D eigenvalue weighted by molar-refractivity contribution is -0.167. The Morgan fingerprint density at radius 1 is 0.269 bits per heavy atom. The zero-order valence-corrected chi connectivity index (χ0v) is 52.2. The van der Waals surface area contributed by atoms with Crippen LogP contribution in [0.4, 0.5) is 0 Å². The molecule has 0 aliphatic heterocycles. The highest BCUT2D eigenvalue weighted by atomic mass is 16.6. The number of carbonyl (C=O) groups is 3. The zero-order chi connectivity index (χ0) is 56.4. The number of esters is 3. The van der Waals surface area contributed by atoms with E-state index in [1.165, 1.54) is 225 Å². The van der Waals surface area contributed by atoms with Gasteiger partial charge < -0.3 is 14.2 Å². The van der Waals surface area contributed by atoms with E-state index in [1.54, 1.807) is 0 Å². The number of ether oxygens (including phenoxy) is 3. The zero-order valence-electron chi connectivity index (χ0n) is 52.2. The van der Waals surface area contributed by atoms with Crippen molar-refractivity contribution in [1.82, 2.24) is 0 Å². The highest BCUT2D eigenvalue weighted by Gasteiger charge is 2.19. The summed E-state index contributed by atoms with van der Waals surface area (Å²) >= 11 is 0. The van der Waals surface area contributed by atoms with Gasteiger partial charge in [0.2, 0.25) is 0 Å². The van der Waals surface area contributed by atoms with Gasteiger partial charge in [0.05, 0.1) is 0 Å². The summed E-state index contributed by atoms with van der Waals surface area (Å²) in [5.41, 5.74) is 0. The second-order valence-electron chi connectivity index (χ2n) is 23.1. The summed E-state index contributed by atoms with van der Waals surface area (Å²) in [7, 11) is 0. The van der Waals surface area contributed by atoms with Crippen LogP contribution in [0.15, 0.2) is 60.8 Å². The van der Waals surface area contributed by atoms with Gasteiger partial charge >= 0.3 is 17.9 Å². The van der Waals surface area contributed by atoms with Gasteiger partial charge in [-0.3, -0.25) is 14.4 Å². The van der Waals surface area contributed by atoms with Gasteiger partial charge in [-0.05, 0) is 64.2 Å². The molecule has 0 amide bonds. The lowest BCUT2D eigenvalue weighted by Crippen LogP contribution is -2.30. The van der Waals surface area contributed by atoms with Crippen LogP contribution in [-0.2, 0) is 28.6 Å². The quantitative estimate of drug-likeness (QED) is 0.0261. The first-order chi connectivity index (χ1) is 38.5. The SMILES string of the molecule is CC/C=C\C/C=C\C/C=C\C/C=C\C/C=C\CCCCCCCCCC(=O)OC(COC(=O)CCCCCCCCCCCCC)COC(=O)CCCCCCCCCCCCCCCCCCCCCCCCCCCC. The highest BCUT2D eigenvalue weighted by molar-refractivity contribution is 5.71. The first-order valence-corrected chi connectivity index (χ1v) is 34.3. The summed E-state index contributed by atoms with van der Waals surface area (Å²) in [5, 5.41) is 0. The van der Waals surface area contributed by atoms with Gasteiger partial charge in [-0.1, -0.05) is 338 Å². The third-order valence-corrected chi connectivity index (χ3v) is 15.3. The lowest BCUT2D eigenvalue weighted by atomic mass is 10.0. The lowest BCUT2D eigenvalue weighted by Gasteiger charge is -2.18. The average molecular weight is 1090 g/mol. The molecule has 0 aromatic carbocycles. The third kappa shape index (κ3) is 63.9. The molecule has 0 fully saturated rings. The number of allylic oxidation sites excluding steroid dienone is 10. The van der Waals surface area contributed by atoms with Crippen LogP contribution in [0.1, 0.15) is 361 Å². The van der Waals surface area contributed by atoms with Crippen LogP contribution in [0, 0.1) is 0 Å². The maximum absolute atomic E-state index is 12.9. The Labute approximate surface area is 485 Å². The fourth-order valence-electron chi connectivity index (χ4n) is 10.2. The number of rotatable bonds is 63. The molecule has 0 rings (SSSR count). The Balaban J connectivity index is 4.22. The molecule has 1 unspecified atom stereocenters. The molecule has 6 heteroatoms. The van der Waals surface area contributed by atoms with Gasteiger partial charge in [0.15, 0.2) is 6.10 Å². The third-order valence-electron chi connectivity index (χ3n) is 15.3. The topological polar surface area (TPSA) is 78.9 Å². The van der Waals surface area contributed by atoms with Crippen molar-refractivity contribution in [2.24, 2.45) is 0 Å². The van der Waals surface area contributed by atoms with E-state index >= 15 is 0 Å². The average Bonchev–Trinajstić information content (AvgIpc) is 3.44. The monoisotopic (exact) mass is 1090 g/mol. The Morgan fingerprint density at radius 3 is 0.782 bits per heavy atom. The molecular formula is C72H130O6. The van der Waals surface area contributed by atoms with E-state index in [0.717, 1.165) is 96.3 Å². The molecule has 0 spiro atoms. The van der Waals surface area contributed by atoms with Crippen molar-refractivity contribution in [3.8, 4) is 0 Å². The van der Waals surface area contributed by atoms with E-state index in [-0.39, 0.29) is 31.1 Å². The standard InChI is InChI=1S/C72H130O6/c1-4-7-10-13-16-19-22-24-26-28-30-32-34-35-36-38-39-41-43-45-47-50-53-56-59-62-65-71(74)77-68-69(67-76-70(73)64-61-58-55-52-49-21-18-15-12-9-6-3)78-72(75)66-63-60-57-54-51-48-46-44-42-40-37-33-31-29-27-25-23-20-17-14-11-8-5-2/h8,11,17,20,25,27,31,33,40,42,69H,4-7,9-10,12-16,18-19,21-24,26,28-30,32,34-39,41,43-68H2,1-3H3/b11-8-,20-17-,27-25-,33-31-,42-40-. The molecule has 1 atom stereocenters. The van der Waals surface area contributed by atoms with Crippen molar-refractivity contribution < 1.29 is 28.6 Å². The van der Waals surface area contributed by atoms with Crippen molar-refractivity contribution in [2.75, 3.05) is 13.2 Å². The summed E-state index contributed by atoms with van der Waals surface area (Å²) < 4.78 is 16.9. The minimum absolute atomic E-state index is 0.0740. The fraction of sp³-hybridized carbons (Fsp3) is 0.819. The molecule has 78 heavy (non-hydrogen) atoms. The van der Waals surface area contributed by atoms with Crippen LogP contribution in [0.5, 0.6) is 0 Å². The van der Waals surface area contributed by atoms with Crippen molar-refractivity contribution in [3.63, 3.8) is 0 Å². The van der Waals surface area contributed by atoms with Gasteiger partial charge in [0.1, 0.15) is 13.2 Å². The summed E-state index contributed by atoms with van der Waals surface area (Å²) in [6.07, 6.45) is 85.4. The van der Waals surface area contributed by atoms with Crippen LogP contribution in [-0.4, -0.2) is 37.2 Å². The number of hydrogen-bond donors (Lipinski definition) is 0. The maximum Gasteiger partial charge on any atom is 0.306 e. The molecule has 0 aliphatic rings. The molecule has 0 N–H and O–H groups in total. The molecule has 0 saturated heterocycles. The summed E-state index contributed by atoms with van der Waals surface area (Å²) in [4.78, 5) is 38.3. The first kappa shape index (κ1) is 75.1. The Morgan fingerprint density at radius 2 is 0.500 bits per heavy atom. The van der Waals surface area contributed by atoms with E-state index < -0.39 is 6.10 Å². The summed E-state index contributed by atoms with van der Waals surface area (Å²) in [6.45, 7) is 6.57. The van der Waals surface area contributed by atoms with Crippen molar-refractivity contribution in [2.45, 2.75) is 367 Å². The molecule has 0 bridgehead atoms. The second kappa shape index (κ2) is 66.6. The van der Waals surface area contributed by atoms with Crippen LogP contribution < -0.4 is 0 Å². The van der Waals surface area contributed by atoms with Gasteiger partial charge in [-0.2, -0.15) is 0 Å². The normalized spacial score (nSPS) is 12.4. The number of hydrogen-bond acceptors (Lipinski definition) is 6. The molecule has 0 aliphatic carbocycles. The van der Waals surface area contributed by atoms with Crippen molar-refractivity contribution >= 4 is 17.9 Å². The largest absolute Gasteiger partial charge is 0.462 e. The van der Waals surface area contributed by atoms with Crippen molar-refractivity contribution in [1.29, 1.82) is 0 Å². The number of carbonyl (C=O) groups excluding carboxylic acids is 3. The minimum atomic E-state index is -0.778. The fourth-order valence-corrected chi connectivity index (χ4v) is 10.2. The smallest absolute Gasteiger partial charge is 0.306 e. The Hall–Kier alpha value is -2.89. The van der Waals surface area contributed by atoms with Crippen LogP contribution in [0.3, 0.4) is 0 Å². The summed E-state index contributed by atoms with van der Waals surface area (Å²) in [5.74, 6) is -0.864. The minimum Gasteiger partial charge on any atom is -0.462 e. The van der Waals surface area contributed by atoms with Gasteiger partial charge in [-0.25, -0.2) is 0 Å². The van der Waals surface area contributed by atoms with E-state index in [9.17, 15) is 14.4 Å². The second-order valence-corrected chi connectivity index (χ2v) is 23.1. The predicted octanol–water partition coefficient (Wildman–Crippen LogP) is 23.5. The number of unbranched alkanes of at least 4 members (excludes halogenated alkanes) is 42. The molecular weight excluding hydrogens is 961 g/mol. The highest BCUT2D eigenvalue weighted by Crippen LogP contribution is 2.18. The Bertz CT molecular complexity index is 1390. The van der Waals surface area contributed by atoms with Crippen LogP contribution in [0.2, 0.25) is 0 Å². The van der Waals surface area contributed by atoms with Gasteiger partial charge in [0.25, 0.3) is 0 Å².